The summed E-state index contributed by atoms with van der Waals surface area (Å²) < 4.78 is 29.8. The van der Waals surface area contributed by atoms with Gasteiger partial charge in [-0.1, -0.05) is 65.2 Å². The van der Waals surface area contributed by atoms with Crippen LogP contribution in [-0.2, 0) is 26.2 Å². The van der Waals surface area contributed by atoms with Crippen LogP contribution in [0.4, 0.5) is 5.69 Å². The number of hydrogen-bond acceptors (Lipinski definition) is 4. The molecule has 40 heavy (non-hydrogen) atoms. The summed E-state index contributed by atoms with van der Waals surface area (Å²) in [4.78, 5) is 29.0. The number of sulfonamides is 1. The van der Waals surface area contributed by atoms with E-state index in [0.717, 1.165) is 51.2 Å². The second kappa shape index (κ2) is 13.0. The van der Waals surface area contributed by atoms with E-state index in [2.05, 4.69) is 21.2 Å². The Kier molecular flexibility index (Phi) is 9.68. The summed E-state index contributed by atoms with van der Waals surface area (Å²) in [6, 6.07) is 20.4. The highest BCUT2D eigenvalue weighted by Crippen LogP contribution is 2.27. The maximum absolute atomic E-state index is 14.1. The van der Waals surface area contributed by atoms with Gasteiger partial charge >= 0.3 is 0 Å². The van der Waals surface area contributed by atoms with Crippen molar-refractivity contribution in [1.29, 1.82) is 0 Å². The lowest BCUT2D eigenvalue weighted by molar-refractivity contribution is -0.139. The Morgan fingerprint density at radius 3 is 2.23 bits per heavy atom. The van der Waals surface area contributed by atoms with Gasteiger partial charge in [-0.3, -0.25) is 13.9 Å². The van der Waals surface area contributed by atoms with Gasteiger partial charge in [-0.15, -0.1) is 0 Å². The van der Waals surface area contributed by atoms with Crippen molar-refractivity contribution < 1.29 is 18.0 Å². The van der Waals surface area contributed by atoms with Gasteiger partial charge in [0, 0.05) is 17.1 Å². The van der Waals surface area contributed by atoms with Crippen molar-refractivity contribution in [1.82, 2.24) is 10.2 Å². The van der Waals surface area contributed by atoms with Crippen LogP contribution in [0.5, 0.6) is 0 Å². The van der Waals surface area contributed by atoms with Crippen molar-refractivity contribution in [2.75, 3.05) is 10.8 Å². The largest absolute Gasteiger partial charge is 0.352 e. The number of halogens is 1. The van der Waals surface area contributed by atoms with Crippen LogP contribution >= 0.6 is 15.9 Å². The van der Waals surface area contributed by atoms with E-state index < -0.39 is 28.5 Å². The fraction of sp³-hybridized carbons (Fsp3) is 0.355. The van der Waals surface area contributed by atoms with Gasteiger partial charge in [-0.25, -0.2) is 8.42 Å². The Morgan fingerprint density at radius 1 is 0.950 bits per heavy atom. The molecular formula is C31H36BrN3O4S. The van der Waals surface area contributed by atoms with Crippen LogP contribution in [0.3, 0.4) is 0 Å². The molecule has 1 aliphatic carbocycles. The molecule has 1 N–H and O–H groups in total. The summed E-state index contributed by atoms with van der Waals surface area (Å²) in [6.45, 7) is 5.19. The number of benzene rings is 3. The summed E-state index contributed by atoms with van der Waals surface area (Å²) in [5.41, 5.74) is 2.99. The Bertz CT molecular complexity index is 1440. The fourth-order valence-corrected chi connectivity index (χ4v) is 7.02. The van der Waals surface area contributed by atoms with Crippen molar-refractivity contribution in [3.05, 3.63) is 94.0 Å². The van der Waals surface area contributed by atoms with E-state index in [1.54, 1.807) is 37.3 Å². The molecule has 9 heteroatoms. The van der Waals surface area contributed by atoms with Gasteiger partial charge in [0.2, 0.25) is 11.8 Å². The predicted octanol–water partition coefficient (Wildman–Crippen LogP) is 5.74. The summed E-state index contributed by atoms with van der Waals surface area (Å²) in [6.07, 6.45) is 3.99. The monoisotopic (exact) mass is 625 g/mol. The molecule has 7 nitrogen and oxygen atoms in total. The van der Waals surface area contributed by atoms with E-state index >= 15 is 0 Å². The molecule has 0 aromatic heterocycles. The first-order valence-electron chi connectivity index (χ1n) is 13.5. The number of amides is 2. The third-order valence-corrected chi connectivity index (χ3v) is 9.50. The van der Waals surface area contributed by atoms with Crippen LogP contribution in [0.25, 0.3) is 0 Å². The first kappa shape index (κ1) is 29.8. The molecule has 2 amide bonds. The minimum atomic E-state index is -4.08. The van der Waals surface area contributed by atoms with Crippen LogP contribution < -0.4 is 9.62 Å². The van der Waals surface area contributed by atoms with Crippen molar-refractivity contribution in [2.45, 2.75) is 70.0 Å². The molecule has 0 radical (unpaired) electrons. The summed E-state index contributed by atoms with van der Waals surface area (Å²) in [7, 11) is -4.08. The Balaban J connectivity index is 1.70. The highest BCUT2D eigenvalue weighted by molar-refractivity contribution is 9.10. The van der Waals surface area contributed by atoms with E-state index in [1.807, 2.05) is 44.2 Å². The van der Waals surface area contributed by atoms with E-state index in [4.69, 9.17) is 0 Å². The number of hydrogen-bond donors (Lipinski definition) is 1. The topological polar surface area (TPSA) is 86.8 Å². The number of nitrogens with one attached hydrogen (secondary N) is 1. The lowest BCUT2D eigenvalue weighted by Crippen LogP contribution is -2.52. The molecule has 1 saturated carbocycles. The lowest BCUT2D eigenvalue weighted by Gasteiger charge is -2.32. The highest BCUT2D eigenvalue weighted by atomic mass is 79.9. The van der Waals surface area contributed by atoms with Crippen molar-refractivity contribution in [3.63, 3.8) is 0 Å². The van der Waals surface area contributed by atoms with E-state index in [1.165, 1.54) is 17.0 Å². The number of nitrogens with zero attached hydrogens (tertiary/aromatic N) is 2. The molecule has 3 aromatic carbocycles. The van der Waals surface area contributed by atoms with Gasteiger partial charge in [0.25, 0.3) is 10.0 Å². The maximum Gasteiger partial charge on any atom is 0.264 e. The Hall–Kier alpha value is -3.17. The molecule has 4 rings (SSSR count). The number of aryl methyl sites for hydroxylation is 2. The Morgan fingerprint density at radius 2 is 1.60 bits per heavy atom. The smallest absolute Gasteiger partial charge is 0.264 e. The quantitative estimate of drug-likeness (QED) is 0.311. The van der Waals surface area contributed by atoms with Crippen molar-refractivity contribution in [3.8, 4) is 0 Å². The molecular weight excluding hydrogens is 590 g/mol. The van der Waals surface area contributed by atoms with Gasteiger partial charge in [0.15, 0.2) is 0 Å². The number of rotatable bonds is 10. The maximum atomic E-state index is 14.1. The first-order valence-corrected chi connectivity index (χ1v) is 15.8. The minimum Gasteiger partial charge on any atom is -0.352 e. The summed E-state index contributed by atoms with van der Waals surface area (Å²) in [5, 5.41) is 3.09. The zero-order chi connectivity index (χ0) is 28.9. The minimum absolute atomic E-state index is 0.0903. The standard InChI is InChI=1S/C31H36BrN3O4S/c1-22-16-23(2)18-28(17-22)35(40(38,39)29-14-5-4-6-15-29)21-30(36)34(20-25-10-9-11-26(32)19-25)24(3)31(37)33-27-12-7-8-13-27/h4-6,9-11,14-19,24,27H,7-8,12-13,20-21H2,1-3H3,(H,33,37)/t24-/m1/s1. The predicted molar refractivity (Wildman–Crippen MR) is 161 cm³/mol. The number of anilines is 1. The van der Waals surface area contributed by atoms with Crippen LogP contribution in [0, 0.1) is 13.8 Å². The van der Waals surface area contributed by atoms with Crippen molar-refractivity contribution >= 4 is 43.5 Å². The molecule has 0 heterocycles. The third kappa shape index (κ3) is 7.31. The lowest BCUT2D eigenvalue weighted by atomic mass is 10.1. The van der Waals surface area contributed by atoms with Gasteiger partial charge in [0.05, 0.1) is 10.6 Å². The molecule has 1 atom stereocenters. The Labute approximate surface area is 245 Å². The molecule has 0 spiro atoms. The van der Waals surface area contributed by atoms with Gasteiger partial charge in [-0.2, -0.15) is 0 Å². The summed E-state index contributed by atoms with van der Waals surface area (Å²) >= 11 is 3.48. The molecule has 1 aliphatic rings. The molecule has 212 valence electrons. The normalized spacial score (nSPS) is 14.5. The number of carbonyl (C=O) groups excluding carboxylic acids is 2. The van der Waals surface area contributed by atoms with Gasteiger partial charge in [-0.05, 0) is 86.7 Å². The number of carbonyl (C=O) groups is 2. The highest BCUT2D eigenvalue weighted by Gasteiger charge is 2.33. The third-order valence-electron chi connectivity index (χ3n) is 7.22. The molecule has 0 bridgehead atoms. The van der Waals surface area contributed by atoms with Crippen LogP contribution in [-0.4, -0.2) is 43.8 Å². The average Bonchev–Trinajstić information content (AvgIpc) is 3.42. The molecule has 1 fully saturated rings. The fourth-order valence-electron chi connectivity index (χ4n) is 5.15. The van der Waals surface area contributed by atoms with Crippen LogP contribution in [0.15, 0.2) is 82.2 Å². The molecule has 0 aliphatic heterocycles. The second-order valence-electron chi connectivity index (χ2n) is 10.5. The SMILES string of the molecule is Cc1cc(C)cc(N(CC(=O)N(Cc2cccc(Br)c2)[C@H](C)C(=O)NC2CCCC2)S(=O)(=O)c2ccccc2)c1. The van der Waals surface area contributed by atoms with Gasteiger partial charge < -0.3 is 10.2 Å². The van der Waals surface area contributed by atoms with Crippen LogP contribution in [0.1, 0.15) is 49.3 Å². The average molecular weight is 627 g/mol. The van der Waals surface area contributed by atoms with E-state index in [-0.39, 0.29) is 23.4 Å². The van der Waals surface area contributed by atoms with E-state index in [0.29, 0.717) is 5.69 Å². The van der Waals surface area contributed by atoms with Crippen molar-refractivity contribution in [2.24, 2.45) is 0 Å². The zero-order valence-corrected chi connectivity index (χ0v) is 25.5. The van der Waals surface area contributed by atoms with Gasteiger partial charge in [0.1, 0.15) is 12.6 Å². The summed E-state index contributed by atoms with van der Waals surface area (Å²) in [5.74, 6) is -0.702. The van der Waals surface area contributed by atoms with E-state index in [9.17, 15) is 18.0 Å². The second-order valence-corrected chi connectivity index (χ2v) is 13.3. The molecule has 0 unspecified atom stereocenters. The molecule has 0 saturated heterocycles. The zero-order valence-electron chi connectivity index (χ0n) is 23.1. The van der Waals surface area contributed by atoms with Crippen LogP contribution in [0.2, 0.25) is 0 Å². The first-order chi connectivity index (χ1) is 19.0. The molecule has 3 aromatic rings.